The molecule has 208 valence electrons. The highest BCUT2D eigenvalue weighted by Crippen LogP contribution is 2.52. The zero-order valence-corrected chi connectivity index (χ0v) is 21.0. The number of hydrogen-bond acceptors (Lipinski definition) is 5. The van der Waals surface area contributed by atoms with E-state index in [-0.39, 0.29) is 35.6 Å². The number of ether oxygens (including phenoxy) is 2. The molecule has 0 N–H and O–H groups in total. The van der Waals surface area contributed by atoms with Crippen molar-refractivity contribution in [2.45, 2.75) is 26.1 Å². The van der Waals surface area contributed by atoms with Gasteiger partial charge >= 0.3 is 13.0 Å². The van der Waals surface area contributed by atoms with E-state index in [0.717, 1.165) is 18.7 Å². The van der Waals surface area contributed by atoms with Crippen LogP contribution in [0.5, 0.6) is 11.5 Å². The average molecular weight is 551 g/mol. The van der Waals surface area contributed by atoms with E-state index in [4.69, 9.17) is 0 Å². The highest BCUT2D eigenvalue weighted by molar-refractivity contribution is 5.92. The molecule has 2 atom stereocenters. The minimum atomic E-state index is -4.80. The minimum Gasteiger partial charge on any atom is -0.435 e. The van der Waals surface area contributed by atoms with Gasteiger partial charge in [0.1, 0.15) is 17.2 Å². The van der Waals surface area contributed by atoms with Crippen LogP contribution in [0.2, 0.25) is 0 Å². The third-order valence-electron chi connectivity index (χ3n) is 7.15. The van der Waals surface area contributed by atoms with Crippen LogP contribution in [0.25, 0.3) is 0 Å². The van der Waals surface area contributed by atoms with Gasteiger partial charge in [-0.1, -0.05) is 24.3 Å². The van der Waals surface area contributed by atoms with Gasteiger partial charge in [-0.25, -0.2) is 4.98 Å². The fraction of sp³-hybridized carbons (Fsp3) is 0.407. The van der Waals surface area contributed by atoms with Crippen molar-refractivity contribution in [3.8, 4) is 11.5 Å². The van der Waals surface area contributed by atoms with Crippen molar-refractivity contribution in [2.75, 3.05) is 19.6 Å². The van der Waals surface area contributed by atoms with Gasteiger partial charge < -0.3 is 18.9 Å². The Bertz CT molecular complexity index is 1290. The van der Waals surface area contributed by atoms with Crippen LogP contribution in [0.3, 0.4) is 0 Å². The predicted molar refractivity (Wildman–Crippen MR) is 130 cm³/mol. The van der Waals surface area contributed by atoms with Crippen LogP contribution >= 0.6 is 0 Å². The van der Waals surface area contributed by atoms with E-state index in [1.54, 1.807) is 40.9 Å². The molecule has 0 radical (unpaired) electrons. The van der Waals surface area contributed by atoms with Crippen molar-refractivity contribution in [1.29, 1.82) is 0 Å². The van der Waals surface area contributed by atoms with E-state index in [1.807, 2.05) is 0 Å². The fourth-order valence-electron chi connectivity index (χ4n) is 5.39. The van der Waals surface area contributed by atoms with E-state index < -0.39 is 13.0 Å². The molecule has 7 nitrogen and oxygen atoms in total. The molecule has 1 saturated heterocycles. The summed E-state index contributed by atoms with van der Waals surface area (Å²) in [5.41, 5.74) is 1.78. The Morgan fingerprint density at radius 2 is 1.79 bits per heavy atom. The summed E-state index contributed by atoms with van der Waals surface area (Å²) in [6, 6.07) is 12.2. The number of nitrogens with zero attached hydrogens (tertiary/aromatic N) is 4. The molecular weight excluding hydrogens is 523 g/mol. The first kappa shape index (κ1) is 26.9. The van der Waals surface area contributed by atoms with Crippen molar-refractivity contribution in [3.63, 3.8) is 0 Å². The van der Waals surface area contributed by atoms with Crippen molar-refractivity contribution in [1.82, 2.24) is 19.4 Å². The largest absolute Gasteiger partial charge is 0.573 e. The zero-order valence-electron chi connectivity index (χ0n) is 21.0. The Morgan fingerprint density at radius 3 is 2.41 bits per heavy atom. The first-order valence-electron chi connectivity index (χ1n) is 12.4. The van der Waals surface area contributed by atoms with E-state index in [9.17, 15) is 26.7 Å². The second-order valence-electron chi connectivity index (χ2n) is 10.0. The summed E-state index contributed by atoms with van der Waals surface area (Å²) in [6.45, 7) is 0.0765. The average Bonchev–Trinajstić information content (AvgIpc) is 3.17. The maximum atomic E-state index is 13.3. The normalized spacial score (nSPS) is 20.6. The second-order valence-corrected chi connectivity index (χ2v) is 10.0. The summed E-state index contributed by atoms with van der Waals surface area (Å²) < 4.78 is 72.9. The van der Waals surface area contributed by atoms with Crippen LogP contribution in [-0.4, -0.2) is 57.9 Å². The van der Waals surface area contributed by atoms with E-state index >= 15 is 0 Å². The van der Waals surface area contributed by atoms with Gasteiger partial charge in [0, 0.05) is 46.0 Å². The lowest BCUT2D eigenvalue weighted by Gasteiger charge is -2.25. The highest BCUT2D eigenvalue weighted by Gasteiger charge is 2.55. The fourth-order valence-corrected chi connectivity index (χ4v) is 5.39. The molecule has 12 heteroatoms. The number of carbonyl (C=O) groups is 1. The van der Waals surface area contributed by atoms with Crippen LogP contribution in [0, 0.1) is 17.8 Å². The quantitative estimate of drug-likeness (QED) is 0.335. The van der Waals surface area contributed by atoms with E-state index in [2.05, 4.69) is 19.4 Å². The van der Waals surface area contributed by atoms with Gasteiger partial charge in [-0.2, -0.15) is 8.78 Å². The molecule has 2 aromatic carbocycles. The molecule has 0 spiro atoms. The highest BCUT2D eigenvalue weighted by atomic mass is 19.4. The van der Waals surface area contributed by atoms with Gasteiger partial charge in [-0.15, -0.1) is 13.2 Å². The summed E-state index contributed by atoms with van der Waals surface area (Å²) in [5.74, 6) is 0.552. The number of amides is 1. The Kier molecular flexibility index (Phi) is 7.48. The molecule has 1 aromatic heterocycles. The number of fused-ring (bicyclic) bond motifs is 1. The maximum absolute atomic E-state index is 13.3. The number of benzene rings is 2. The third-order valence-corrected chi connectivity index (χ3v) is 7.15. The minimum absolute atomic E-state index is 0.117. The molecule has 1 saturated carbocycles. The summed E-state index contributed by atoms with van der Waals surface area (Å²) >= 11 is 0. The number of hydrogen-bond donors (Lipinski definition) is 0. The maximum Gasteiger partial charge on any atom is 0.573 e. The zero-order chi connectivity index (χ0) is 27.7. The summed E-state index contributed by atoms with van der Waals surface area (Å²) in [6.07, 6.45) is -1.66. The number of halogens is 5. The van der Waals surface area contributed by atoms with Crippen molar-refractivity contribution >= 4 is 5.91 Å². The molecule has 1 amide bonds. The number of alkyl halides is 5. The van der Waals surface area contributed by atoms with Crippen LogP contribution in [0.1, 0.15) is 21.6 Å². The van der Waals surface area contributed by atoms with Crippen LogP contribution in [0.15, 0.2) is 61.1 Å². The van der Waals surface area contributed by atoms with Gasteiger partial charge in [0.05, 0.1) is 6.33 Å². The van der Waals surface area contributed by atoms with Crippen molar-refractivity contribution in [3.05, 3.63) is 77.9 Å². The standard InChI is InChI=1S/C27H27F5N4O3/c1-34-15-24(33-16-34)25(37)36(11-18-3-2-4-20(9-18)39-27(30,31)32)14-23-21-12-35(13-22(21)23)10-17-5-7-19(8-6-17)38-26(28)29/h2-9,15-16,21-23,26H,10-14H2,1H3. The molecular formula is C27H27F5N4O3. The second kappa shape index (κ2) is 10.8. The molecule has 39 heavy (non-hydrogen) atoms. The summed E-state index contributed by atoms with van der Waals surface area (Å²) in [4.78, 5) is 21.4. The van der Waals surface area contributed by atoms with Gasteiger partial charge in [-0.05, 0) is 53.1 Å². The van der Waals surface area contributed by atoms with Crippen molar-refractivity contribution < 1.29 is 36.2 Å². The number of aromatic nitrogens is 2. The molecule has 2 fully saturated rings. The SMILES string of the molecule is Cn1cnc(C(=O)N(Cc2cccc(OC(F)(F)F)c2)CC2C3CN(Cc4ccc(OC(F)F)cc4)CC32)c1. The first-order chi connectivity index (χ1) is 18.5. The lowest BCUT2D eigenvalue weighted by Crippen LogP contribution is -2.35. The molecule has 2 aliphatic rings. The predicted octanol–water partition coefficient (Wildman–Crippen LogP) is 4.94. The van der Waals surface area contributed by atoms with Crippen LogP contribution < -0.4 is 9.47 Å². The number of aryl methyl sites for hydroxylation is 1. The molecule has 5 rings (SSSR count). The van der Waals surface area contributed by atoms with Crippen molar-refractivity contribution in [2.24, 2.45) is 24.8 Å². The number of likely N-dealkylation sites (tertiary alicyclic amines) is 1. The summed E-state index contributed by atoms with van der Waals surface area (Å²) in [5, 5.41) is 0. The Morgan fingerprint density at radius 1 is 1.08 bits per heavy atom. The monoisotopic (exact) mass is 550 g/mol. The molecule has 1 aliphatic heterocycles. The smallest absolute Gasteiger partial charge is 0.435 e. The molecule has 1 aliphatic carbocycles. The first-order valence-corrected chi connectivity index (χ1v) is 12.4. The topological polar surface area (TPSA) is 59.8 Å². The van der Waals surface area contributed by atoms with E-state index in [1.165, 1.54) is 36.7 Å². The number of carbonyl (C=O) groups excluding carboxylic acids is 1. The number of imidazole rings is 1. The van der Waals surface area contributed by atoms with E-state index in [0.29, 0.717) is 30.5 Å². The summed E-state index contributed by atoms with van der Waals surface area (Å²) in [7, 11) is 1.76. The van der Waals surface area contributed by atoms with Gasteiger partial charge in [0.15, 0.2) is 0 Å². The van der Waals surface area contributed by atoms with Gasteiger partial charge in [-0.3, -0.25) is 9.69 Å². The number of rotatable bonds is 10. The third kappa shape index (κ3) is 6.86. The van der Waals surface area contributed by atoms with Gasteiger partial charge in [0.2, 0.25) is 0 Å². The lowest BCUT2D eigenvalue weighted by atomic mass is 10.1. The Hall–Kier alpha value is -3.67. The molecule has 0 bridgehead atoms. The molecule has 3 aromatic rings. The Balaban J connectivity index is 1.21. The van der Waals surface area contributed by atoms with Crippen LogP contribution in [0.4, 0.5) is 22.0 Å². The lowest BCUT2D eigenvalue weighted by molar-refractivity contribution is -0.274. The van der Waals surface area contributed by atoms with Crippen LogP contribution in [-0.2, 0) is 20.1 Å². The number of piperidine rings is 1. The molecule has 2 heterocycles. The molecule has 2 unspecified atom stereocenters. The van der Waals surface area contributed by atoms with Gasteiger partial charge in [0.25, 0.3) is 5.91 Å². The Labute approximate surface area is 221 Å².